The monoisotopic (exact) mass is 360 g/mol. The molecule has 2 aliphatic carbocycles. The average Bonchev–Trinajstić information content (AvgIpc) is 3.46. The van der Waals surface area contributed by atoms with Crippen LogP contribution in [0, 0.1) is 5.92 Å². The summed E-state index contributed by atoms with van der Waals surface area (Å²) in [7, 11) is 0. The molecule has 6 heteroatoms. The maximum absolute atomic E-state index is 13.1. The first-order valence-corrected chi connectivity index (χ1v) is 10.6. The third kappa shape index (κ3) is 3.60. The smallest absolute Gasteiger partial charge is 0.335 e. The predicted molar refractivity (Wildman–Crippen MR) is 99.9 cm³/mol. The zero-order valence-corrected chi connectivity index (χ0v) is 16.0. The van der Waals surface area contributed by atoms with E-state index < -0.39 is 0 Å². The largest absolute Gasteiger partial charge is 0.346 e. The number of carbonyl (C=O) groups excluding carboxylic acids is 1. The van der Waals surface area contributed by atoms with Crippen LogP contribution >= 0.6 is 0 Å². The average molecular weight is 361 g/mol. The molecule has 0 saturated heterocycles. The first-order valence-electron chi connectivity index (χ1n) is 10.6. The number of hydrogen-bond donors (Lipinski definition) is 0. The fourth-order valence-corrected chi connectivity index (χ4v) is 4.83. The minimum atomic E-state index is -0.0966. The molecule has 0 spiro atoms. The maximum Gasteiger partial charge on any atom is 0.346 e. The summed E-state index contributed by atoms with van der Waals surface area (Å²) in [6.07, 6.45) is 12.3. The van der Waals surface area contributed by atoms with Gasteiger partial charge in [-0.25, -0.2) is 9.48 Å². The summed E-state index contributed by atoms with van der Waals surface area (Å²) in [6, 6.07) is 0.774. The number of hydrogen-bond acceptors (Lipinski definition) is 3. The second-order valence-corrected chi connectivity index (χ2v) is 8.43. The Labute approximate surface area is 155 Å². The van der Waals surface area contributed by atoms with Crippen LogP contribution in [0.2, 0.25) is 0 Å². The number of nitrogens with zero attached hydrogens (tertiary/aromatic N) is 4. The summed E-state index contributed by atoms with van der Waals surface area (Å²) in [5, 5.41) is 4.50. The first kappa shape index (κ1) is 17.8. The number of aryl methyl sites for hydroxylation is 1. The molecule has 6 nitrogen and oxygen atoms in total. The van der Waals surface area contributed by atoms with Crippen molar-refractivity contribution in [3.63, 3.8) is 0 Å². The lowest BCUT2D eigenvalue weighted by molar-refractivity contribution is -0.136. The molecule has 0 N–H and O–H groups in total. The Morgan fingerprint density at radius 3 is 2.42 bits per heavy atom. The van der Waals surface area contributed by atoms with E-state index in [1.165, 1.54) is 23.9 Å². The maximum atomic E-state index is 13.1. The summed E-state index contributed by atoms with van der Waals surface area (Å²) < 4.78 is 3.21. The normalized spacial score (nSPS) is 26.2. The van der Waals surface area contributed by atoms with Gasteiger partial charge in [0.15, 0.2) is 0 Å². The number of aromatic nitrogens is 3. The van der Waals surface area contributed by atoms with Crippen LogP contribution in [0.4, 0.5) is 0 Å². The van der Waals surface area contributed by atoms with Crippen LogP contribution in [-0.4, -0.2) is 37.2 Å². The van der Waals surface area contributed by atoms with Gasteiger partial charge in [0, 0.05) is 25.0 Å². The third-order valence-corrected chi connectivity index (χ3v) is 6.58. The lowest BCUT2D eigenvalue weighted by Gasteiger charge is -2.37. The number of rotatable bonds is 5. The van der Waals surface area contributed by atoms with Gasteiger partial charge in [0.05, 0.1) is 0 Å². The highest BCUT2D eigenvalue weighted by Crippen LogP contribution is 2.36. The molecule has 2 saturated carbocycles. The summed E-state index contributed by atoms with van der Waals surface area (Å²) in [5.41, 5.74) is -0.0966. The van der Waals surface area contributed by atoms with E-state index in [1.54, 1.807) is 4.57 Å². The Kier molecular flexibility index (Phi) is 5.18. The molecule has 2 fully saturated rings. The molecule has 1 amide bonds. The summed E-state index contributed by atoms with van der Waals surface area (Å²) in [6.45, 7) is 3.13. The highest BCUT2D eigenvalue weighted by molar-refractivity contribution is 5.77. The highest BCUT2D eigenvalue weighted by atomic mass is 16.2. The van der Waals surface area contributed by atoms with Gasteiger partial charge in [-0.3, -0.25) is 9.36 Å². The second kappa shape index (κ2) is 7.57. The van der Waals surface area contributed by atoms with Crippen LogP contribution in [0.1, 0.15) is 77.0 Å². The summed E-state index contributed by atoms with van der Waals surface area (Å²) >= 11 is 0. The van der Waals surface area contributed by atoms with Crippen molar-refractivity contribution >= 4 is 5.91 Å². The Hall–Kier alpha value is -1.59. The molecule has 26 heavy (non-hydrogen) atoms. The Morgan fingerprint density at radius 1 is 1.08 bits per heavy atom. The van der Waals surface area contributed by atoms with E-state index in [-0.39, 0.29) is 18.1 Å². The van der Waals surface area contributed by atoms with E-state index in [0.717, 1.165) is 69.7 Å². The molecule has 0 atom stereocenters. The van der Waals surface area contributed by atoms with Gasteiger partial charge in [-0.05, 0) is 57.3 Å². The first-order chi connectivity index (χ1) is 12.7. The molecule has 144 valence electrons. The molecule has 3 aliphatic rings. The number of fused-ring (bicyclic) bond motifs is 1. The van der Waals surface area contributed by atoms with Crippen molar-refractivity contribution in [1.82, 2.24) is 19.2 Å². The van der Waals surface area contributed by atoms with Crippen LogP contribution in [0.15, 0.2) is 4.79 Å². The van der Waals surface area contributed by atoms with E-state index in [2.05, 4.69) is 16.9 Å². The summed E-state index contributed by atoms with van der Waals surface area (Å²) in [5.74, 6) is 1.79. The van der Waals surface area contributed by atoms with Crippen molar-refractivity contribution in [1.29, 1.82) is 0 Å². The van der Waals surface area contributed by atoms with Crippen LogP contribution < -0.4 is 5.69 Å². The van der Waals surface area contributed by atoms with Gasteiger partial charge in [0.25, 0.3) is 0 Å². The quantitative estimate of drug-likeness (QED) is 0.811. The molecular weight excluding hydrogens is 328 g/mol. The van der Waals surface area contributed by atoms with Crippen LogP contribution in [0.3, 0.4) is 0 Å². The zero-order valence-electron chi connectivity index (χ0n) is 16.0. The third-order valence-electron chi connectivity index (χ3n) is 6.58. The lowest BCUT2D eigenvalue weighted by Crippen LogP contribution is -2.46. The van der Waals surface area contributed by atoms with Gasteiger partial charge >= 0.3 is 5.69 Å². The Morgan fingerprint density at radius 2 is 1.77 bits per heavy atom. The van der Waals surface area contributed by atoms with E-state index >= 15 is 0 Å². The number of amides is 1. The van der Waals surface area contributed by atoms with Crippen molar-refractivity contribution in [2.24, 2.45) is 5.92 Å². The SMILES string of the molecule is CCC1CCC(N(C(=O)Cn2nc3n(c2=O)CCCCC3)C2CC2)CC1. The van der Waals surface area contributed by atoms with Crippen LogP contribution in [-0.2, 0) is 24.3 Å². The molecule has 0 radical (unpaired) electrons. The molecule has 0 aromatic carbocycles. The zero-order chi connectivity index (χ0) is 18.1. The molecule has 1 aromatic heterocycles. The van der Waals surface area contributed by atoms with Crippen LogP contribution in [0.25, 0.3) is 0 Å². The lowest BCUT2D eigenvalue weighted by atomic mass is 9.84. The van der Waals surface area contributed by atoms with Crippen molar-refractivity contribution < 1.29 is 4.79 Å². The fourth-order valence-electron chi connectivity index (χ4n) is 4.83. The van der Waals surface area contributed by atoms with Crippen molar-refractivity contribution in [2.45, 2.75) is 103 Å². The van der Waals surface area contributed by atoms with Gasteiger partial charge in [-0.1, -0.05) is 19.8 Å². The molecule has 1 aliphatic heterocycles. The van der Waals surface area contributed by atoms with Gasteiger partial charge < -0.3 is 4.90 Å². The van der Waals surface area contributed by atoms with Crippen molar-refractivity contribution in [3.8, 4) is 0 Å². The molecular formula is C20H32N4O2. The topological polar surface area (TPSA) is 60.1 Å². The molecule has 4 rings (SSSR count). The highest BCUT2D eigenvalue weighted by Gasteiger charge is 2.38. The van der Waals surface area contributed by atoms with Gasteiger partial charge in [0.2, 0.25) is 5.91 Å². The minimum Gasteiger partial charge on any atom is -0.335 e. The predicted octanol–water partition coefficient (Wildman–Crippen LogP) is 2.73. The fraction of sp³-hybridized carbons (Fsp3) is 0.850. The van der Waals surface area contributed by atoms with E-state index in [9.17, 15) is 9.59 Å². The van der Waals surface area contributed by atoms with Gasteiger partial charge in [-0.15, -0.1) is 0 Å². The minimum absolute atomic E-state index is 0.0966. The summed E-state index contributed by atoms with van der Waals surface area (Å²) in [4.78, 5) is 27.9. The molecule has 0 unspecified atom stereocenters. The standard InChI is InChI=1S/C20H32N4O2/c1-2-15-7-9-16(10-8-15)24(17-11-12-17)19(25)14-23-20(26)22-13-5-3-4-6-18(22)21-23/h15-17H,2-14H2,1H3. The molecule has 2 heterocycles. The van der Waals surface area contributed by atoms with Gasteiger partial charge in [-0.2, -0.15) is 5.10 Å². The molecule has 1 aromatic rings. The van der Waals surface area contributed by atoms with Crippen molar-refractivity contribution in [2.75, 3.05) is 0 Å². The second-order valence-electron chi connectivity index (χ2n) is 8.43. The van der Waals surface area contributed by atoms with Crippen molar-refractivity contribution in [3.05, 3.63) is 16.3 Å². The van der Waals surface area contributed by atoms with E-state index in [4.69, 9.17) is 0 Å². The van der Waals surface area contributed by atoms with E-state index in [0.29, 0.717) is 12.1 Å². The van der Waals surface area contributed by atoms with Crippen LogP contribution in [0.5, 0.6) is 0 Å². The molecule has 0 bridgehead atoms. The Balaban J connectivity index is 1.47. The van der Waals surface area contributed by atoms with Gasteiger partial charge in [0.1, 0.15) is 12.4 Å². The Bertz CT molecular complexity index is 695. The number of carbonyl (C=O) groups is 1. The van der Waals surface area contributed by atoms with E-state index in [1.807, 2.05) is 0 Å².